The minimum Gasteiger partial charge on any atom is -0.381 e. The maximum atomic E-state index is 5.67. The van der Waals surface area contributed by atoms with Gasteiger partial charge in [0, 0.05) is 52.5 Å². The van der Waals surface area contributed by atoms with E-state index in [1.165, 1.54) is 24.0 Å². The predicted octanol–water partition coefficient (Wildman–Crippen LogP) is 3.03. The van der Waals surface area contributed by atoms with Crippen molar-refractivity contribution in [3.05, 3.63) is 35.4 Å². The van der Waals surface area contributed by atoms with Crippen LogP contribution in [-0.4, -0.2) is 56.8 Å². The van der Waals surface area contributed by atoms with Crippen molar-refractivity contribution in [1.29, 1.82) is 0 Å². The summed E-state index contributed by atoms with van der Waals surface area (Å²) in [5, 5.41) is 6.85. The van der Waals surface area contributed by atoms with E-state index < -0.39 is 0 Å². The van der Waals surface area contributed by atoms with Gasteiger partial charge in [0.25, 0.3) is 0 Å². The van der Waals surface area contributed by atoms with Crippen molar-refractivity contribution in [3.63, 3.8) is 0 Å². The molecule has 1 aliphatic carbocycles. The summed E-state index contributed by atoms with van der Waals surface area (Å²) in [4.78, 5) is 6.88. The lowest BCUT2D eigenvalue weighted by Gasteiger charge is -2.34. The second kappa shape index (κ2) is 11.9. The molecule has 1 aliphatic heterocycles. The fourth-order valence-corrected chi connectivity index (χ4v) is 3.40. The van der Waals surface area contributed by atoms with Gasteiger partial charge in [0.05, 0.1) is 0 Å². The first-order valence-electron chi connectivity index (χ1n) is 10.1. The van der Waals surface area contributed by atoms with Crippen LogP contribution in [0.25, 0.3) is 0 Å². The molecule has 1 aromatic rings. The summed E-state index contributed by atoms with van der Waals surface area (Å²) < 4.78 is 5.67. The Morgan fingerprint density at radius 1 is 1.26 bits per heavy atom. The Bertz CT molecular complexity index is 591. The van der Waals surface area contributed by atoms with Gasteiger partial charge >= 0.3 is 0 Å². The van der Waals surface area contributed by atoms with Crippen LogP contribution in [0.3, 0.4) is 0 Å². The zero-order valence-electron chi connectivity index (χ0n) is 16.7. The van der Waals surface area contributed by atoms with Crippen molar-refractivity contribution in [1.82, 2.24) is 15.5 Å². The highest BCUT2D eigenvalue weighted by Crippen LogP contribution is 2.28. The van der Waals surface area contributed by atoms with Crippen LogP contribution < -0.4 is 10.6 Å². The van der Waals surface area contributed by atoms with E-state index in [-0.39, 0.29) is 24.0 Å². The number of hydrogen-bond donors (Lipinski definition) is 2. The SMILES string of the molecule is CN=C(NCCCOCC1CC1)NCC(C)N1CCc2ccccc2C1.I. The summed E-state index contributed by atoms with van der Waals surface area (Å²) in [6.45, 7) is 8.05. The second-order valence-electron chi connectivity index (χ2n) is 7.59. The Morgan fingerprint density at radius 3 is 2.78 bits per heavy atom. The van der Waals surface area contributed by atoms with E-state index in [4.69, 9.17) is 4.74 Å². The van der Waals surface area contributed by atoms with Crippen LogP contribution in [0, 0.1) is 5.92 Å². The molecule has 0 bridgehead atoms. The van der Waals surface area contributed by atoms with Crippen molar-refractivity contribution < 1.29 is 4.74 Å². The number of nitrogens with one attached hydrogen (secondary N) is 2. The minimum absolute atomic E-state index is 0. The highest BCUT2D eigenvalue weighted by molar-refractivity contribution is 14.0. The molecule has 5 nitrogen and oxygen atoms in total. The zero-order chi connectivity index (χ0) is 18.2. The standard InChI is InChI=1S/C21H34N4O.HI/c1-17(25-12-10-19-6-3-4-7-20(19)15-25)14-24-21(22-2)23-11-5-13-26-16-18-8-9-18;/h3-4,6-7,17-18H,5,8-16H2,1-2H3,(H2,22,23,24);1H. The highest BCUT2D eigenvalue weighted by Gasteiger charge is 2.21. The molecule has 1 heterocycles. The van der Waals surface area contributed by atoms with Crippen molar-refractivity contribution in [2.45, 2.75) is 45.2 Å². The molecule has 27 heavy (non-hydrogen) atoms. The van der Waals surface area contributed by atoms with E-state index in [0.29, 0.717) is 6.04 Å². The van der Waals surface area contributed by atoms with Crippen molar-refractivity contribution >= 4 is 29.9 Å². The highest BCUT2D eigenvalue weighted by atomic mass is 127. The van der Waals surface area contributed by atoms with Crippen molar-refractivity contribution in [2.75, 3.05) is 39.9 Å². The molecule has 0 amide bonds. The summed E-state index contributed by atoms with van der Waals surface area (Å²) in [5.74, 6) is 1.73. The molecule has 152 valence electrons. The Morgan fingerprint density at radius 2 is 2.04 bits per heavy atom. The first-order valence-corrected chi connectivity index (χ1v) is 10.1. The lowest BCUT2D eigenvalue weighted by Crippen LogP contribution is -2.47. The van der Waals surface area contributed by atoms with Gasteiger partial charge in [-0.2, -0.15) is 0 Å². The average molecular weight is 486 g/mol. The summed E-state index contributed by atoms with van der Waals surface area (Å²) in [5.41, 5.74) is 2.98. The summed E-state index contributed by atoms with van der Waals surface area (Å²) in [6, 6.07) is 9.28. The molecule has 3 rings (SSSR count). The molecule has 1 atom stereocenters. The quantitative estimate of drug-likeness (QED) is 0.244. The lowest BCUT2D eigenvalue weighted by molar-refractivity contribution is 0.123. The maximum Gasteiger partial charge on any atom is 0.191 e. The zero-order valence-corrected chi connectivity index (χ0v) is 19.1. The number of halogens is 1. The summed E-state index contributed by atoms with van der Waals surface area (Å²) >= 11 is 0. The third-order valence-corrected chi connectivity index (χ3v) is 5.38. The van der Waals surface area contributed by atoms with E-state index in [1.807, 2.05) is 7.05 Å². The second-order valence-corrected chi connectivity index (χ2v) is 7.59. The fourth-order valence-electron chi connectivity index (χ4n) is 3.40. The maximum absolute atomic E-state index is 5.67. The van der Waals surface area contributed by atoms with Crippen LogP contribution in [0.2, 0.25) is 0 Å². The van der Waals surface area contributed by atoms with Gasteiger partial charge in [-0.3, -0.25) is 9.89 Å². The smallest absolute Gasteiger partial charge is 0.191 e. The summed E-state index contributed by atoms with van der Waals surface area (Å²) in [7, 11) is 1.83. The van der Waals surface area contributed by atoms with Crippen molar-refractivity contribution in [3.8, 4) is 0 Å². The molecular weight excluding hydrogens is 451 g/mol. The Balaban J connectivity index is 0.00000261. The van der Waals surface area contributed by atoms with Gasteiger partial charge in [0.15, 0.2) is 5.96 Å². The number of ether oxygens (including phenoxy) is 1. The summed E-state index contributed by atoms with van der Waals surface area (Å²) in [6.07, 6.45) is 4.88. The fraction of sp³-hybridized carbons (Fsp3) is 0.667. The predicted molar refractivity (Wildman–Crippen MR) is 123 cm³/mol. The van der Waals surface area contributed by atoms with Gasteiger partial charge in [-0.15, -0.1) is 24.0 Å². The van der Waals surface area contributed by atoms with Crippen LogP contribution in [0.4, 0.5) is 0 Å². The molecule has 6 heteroatoms. The van der Waals surface area contributed by atoms with E-state index in [2.05, 4.69) is 51.7 Å². The van der Waals surface area contributed by atoms with Gasteiger partial charge in [-0.05, 0) is 49.7 Å². The van der Waals surface area contributed by atoms with Gasteiger partial charge in [0.1, 0.15) is 0 Å². The third kappa shape index (κ3) is 7.58. The van der Waals surface area contributed by atoms with Crippen LogP contribution in [0.1, 0.15) is 37.3 Å². The largest absolute Gasteiger partial charge is 0.381 e. The molecule has 0 radical (unpaired) electrons. The van der Waals surface area contributed by atoms with Crippen LogP contribution in [-0.2, 0) is 17.7 Å². The molecule has 1 saturated carbocycles. The van der Waals surface area contributed by atoms with Crippen LogP contribution in [0.5, 0.6) is 0 Å². The van der Waals surface area contributed by atoms with Gasteiger partial charge < -0.3 is 15.4 Å². The van der Waals surface area contributed by atoms with Gasteiger partial charge in [-0.1, -0.05) is 24.3 Å². The first-order chi connectivity index (χ1) is 12.8. The normalized spacial score (nSPS) is 18.4. The van der Waals surface area contributed by atoms with E-state index >= 15 is 0 Å². The number of nitrogens with zero attached hydrogens (tertiary/aromatic N) is 2. The molecule has 1 unspecified atom stereocenters. The van der Waals surface area contributed by atoms with Crippen LogP contribution >= 0.6 is 24.0 Å². The molecule has 0 saturated heterocycles. The Hall–Kier alpha value is -0.860. The topological polar surface area (TPSA) is 48.9 Å². The molecule has 0 aromatic heterocycles. The molecule has 1 fully saturated rings. The van der Waals surface area contributed by atoms with Gasteiger partial charge in [-0.25, -0.2) is 0 Å². The molecule has 1 aromatic carbocycles. The molecule has 2 aliphatic rings. The molecular formula is C21H35IN4O. The molecule has 0 spiro atoms. The number of aliphatic imine (C=N–C) groups is 1. The number of benzene rings is 1. The minimum atomic E-state index is 0. The third-order valence-electron chi connectivity index (χ3n) is 5.38. The van der Waals surface area contributed by atoms with Gasteiger partial charge in [0.2, 0.25) is 0 Å². The average Bonchev–Trinajstić information content (AvgIpc) is 3.50. The number of rotatable bonds is 9. The van der Waals surface area contributed by atoms with E-state index in [9.17, 15) is 0 Å². The van der Waals surface area contributed by atoms with E-state index in [0.717, 1.165) is 64.1 Å². The van der Waals surface area contributed by atoms with Crippen LogP contribution in [0.15, 0.2) is 29.3 Å². The Labute approximate surface area is 181 Å². The number of guanidine groups is 1. The van der Waals surface area contributed by atoms with Crippen molar-refractivity contribution in [2.24, 2.45) is 10.9 Å². The first kappa shape index (κ1) is 22.4. The lowest BCUT2D eigenvalue weighted by atomic mass is 9.99. The van der Waals surface area contributed by atoms with E-state index in [1.54, 1.807) is 0 Å². The Kier molecular flexibility index (Phi) is 9.86. The number of hydrogen-bond acceptors (Lipinski definition) is 3. The monoisotopic (exact) mass is 486 g/mol. The number of fused-ring (bicyclic) bond motifs is 1. The molecule has 2 N–H and O–H groups in total.